The lowest BCUT2D eigenvalue weighted by molar-refractivity contribution is -0.920. The molecule has 4 heteroatoms. The summed E-state index contributed by atoms with van der Waals surface area (Å²) in [4.78, 5) is 11.3. The molecule has 3 nitrogen and oxygen atoms in total. The van der Waals surface area contributed by atoms with E-state index >= 15 is 0 Å². The molecule has 17 heavy (non-hydrogen) atoms. The van der Waals surface area contributed by atoms with Gasteiger partial charge >= 0.3 is 5.97 Å². The van der Waals surface area contributed by atoms with Crippen LogP contribution in [0.3, 0.4) is 0 Å². The van der Waals surface area contributed by atoms with E-state index in [-0.39, 0.29) is 18.4 Å². The van der Waals surface area contributed by atoms with E-state index in [0.29, 0.717) is 16.8 Å². The zero-order valence-corrected chi connectivity index (χ0v) is 11.9. The van der Waals surface area contributed by atoms with E-state index in [2.05, 4.69) is 27.1 Å². The molecular weight excluding hydrogens is 238 g/mol. The number of quaternary nitrogens is 1. The average Bonchev–Trinajstić information content (AvgIpc) is 2.23. The van der Waals surface area contributed by atoms with Crippen LogP contribution >= 0.6 is 0 Å². The SMILES string of the molecule is C=CC[N+](C)(CCCC)COC(=O)C(=C)C.[Cl-]. The molecule has 1 atom stereocenters. The van der Waals surface area contributed by atoms with Gasteiger partial charge in [-0.05, 0) is 19.4 Å². The third-order valence-electron chi connectivity index (χ3n) is 2.48. The van der Waals surface area contributed by atoms with Crippen LogP contribution in [0.5, 0.6) is 0 Å². The van der Waals surface area contributed by atoms with Crippen molar-refractivity contribution in [1.82, 2.24) is 0 Å². The largest absolute Gasteiger partial charge is 1.00 e. The number of likely N-dealkylation sites (N-methyl/N-ethyl adjacent to an activating group) is 1. The predicted molar refractivity (Wildman–Crippen MR) is 66.8 cm³/mol. The highest BCUT2D eigenvalue weighted by atomic mass is 35.5. The van der Waals surface area contributed by atoms with Gasteiger partial charge in [0, 0.05) is 5.57 Å². The van der Waals surface area contributed by atoms with Crippen LogP contribution in [-0.2, 0) is 9.53 Å². The first-order valence-corrected chi connectivity index (χ1v) is 5.72. The van der Waals surface area contributed by atoms with Crippen molar-refractivity contribution in [1.29, 1.82) is 0 Å². The zero-order valence-electron chi connectivity index (χ0n) is 11.2. The molecule has 1 unspecified atom stereocenters. The Morgan fingerprint density at radius 1 is 1.47 bits per heavy atom. The van der Waals surface area contributed by atoms with Crippen molar-refractivity contribution in [2.75, 3.05) is 26.9 Å². The van der Waals surface area contributed by atoms with E-state index in [1.54, 1.807) is 6.92 Å². The molecule has 0 spiro atoms. The molecule has 0 aliphatic heterocycles. The van der Waals surface area contributed by atoms with Gasteiger partial charge in [0.05, 0.1) is 20.1 Å². The van der Waals surface area contributed by atoms with Crippen LogP contribution in [0.15, 0.2) is 24.8 Å². The first-order valence-electron chi connectivity index (χ1n) is 5.72. The number of unbranched alkanes of at least 4 members (excludes halogenated alkanes) is 1. The van der Waals surface area contributed by atoms with Crippen molar-refractivity contribution in [3.8, 4) is 0 Å². The summed E-state index contributed by atoms with van der Waals surface area (Å²) in [5, 5.41) is 0. The molecule has 0 aromatic heterocycles. The quantitative estimate of drug-likeness (QED) is 0.194. The van der Waals surface area contributed by atoms with Crippen LogP contribution in [0, 0.1) is 0 Å². The molecule has 0 N–H and O–H groups in total. The molecule has 0 fully saturated rings. The second-order valence-corrected chi connectivity index (χ2v) is 4.51. The minimum atomic E-state index is -0.315. The summed E-state index contributed by atoms with van der Waals surface area (Å²) in [5.74, 6) is -0.315. The van der Waals surface area contributed by atoms with Gasteiger partial charge in [-0.15, -0.1) is 0 Å². The first kappa shape index (κ1) is 18.6. The number of hydrogen-bond donors (Lipinski definition) is 0. The molecule has 100 valence electrons. The number of nitrogens with zero attached hydrogens (tertiary/aromatic N) is 1. The van der Waals surface area contributed by atoms with Crippen LogP contribution in [0.4, 0.5) is 0 Å². The minimum Gasteiger partial charge on any atom is -1.00 e. The fourth-order valence-electron chi connectivity index (χ4n) is 1.40. The third-order valence-corrected chi connectivity index (χ3v) is 2.48. The molecule has 0 aliphatic carbocycles. The molecule has 0 amide bonds. The standard InChI is InChI=1S/C13H24NO2.ClH/c1-6-8-10-14(5,9-7-2)11-16-13(15)12(3)4;/h7H,2-3,6,8-11H2,1,4-5H3;1H/q+1;/p-1. The average molecular weight is 262 g/mol. The smallest absolute Gasteiger partial charge is 0.337 e. The molecule has 0 aromatic carbocycles. The van der Waals surface area contributed by atoms with Crippen molar-refractivity contribution >= 4 is 5.97 Å². The summed E-state index contributed by atoms with van der Waals surface area (Å²) >= 11 is 0. The lowest BCUT2D eigenvalue weighted by Gasteiger charge is -2.32. The van der Waals surface area contributed by atoms with Crippen LogP contribution in [-0.4, -0.2) is 37.3 Å². The highest BCUT2D eigenvalue weighted by Crippen LogP contribution is 2.07. The van der Waals surface area contributed by atoms with E-state index < -0.39 is 0 Å². The van der Waals surface area contributed by atoms with Crippen molar-refractivity contribution in [2.24, 2.45) is 0 Å². The number of carbonyl (C=O) groups excluding carboxylic acids is 1. The van der Waals surface area contributed by atoms with Gasteiger partial charge in [-0.25, -0.2) is 4.79 Å². The van der Waals surface area contributed by atoms with Crippen molar-refractivity contribution < 1.29 is 26.4 Å². The number of esters is 1. The van der Waals surface area contributed by atoms with Gasteiger partial charge in [-0.1, -0.05) is 26.5 Å². The van der Waals surface area contributed by atoms with Crippen LogP contribution in [0.1, 0.15) is 26.7 Å². The molecular formula is C13H24ClNO2. The monoisotopic (exact) mass is 261 g/mol. The number of carbonyl (C=O) groups is 1. The van der Waals surface area contributed by atoms with Gasteiger partial charge in [0.1, 0.15) is 0 Å². The second-order valence-electron chi connectivity index (χ2n) is 4.51. The number of hydrogen-bond acceptors (Lipinski definition) is 2. The van der Waals surface area contributed by atoms with Crippen LogP contribution < -0.4 is 12.4 Å². The number of halogens is 1. The lowest BCUT2D eigenvalue weighted by Crippen LogP contribution is -3.00. The molecule has 0 heterocycles. The summed E-state index contributed by atoms with van der Waals surface area (Å²) < 4.78 is 5.90. The van der Waals surface area contributed by atoms with Gasteiger partial charge in [0.2, 0.25) is 6.73 Å². The van der Waals surface area contributed by atoms with Crippen molar-refractivity contribution in [2.45, 2.75) is 26.7 Å². The Labute approximate surface area is 111 Å². The lowest BCUT2D eigenvalue weighted by atomic mass is 10.3. The summed E-state index contributed by atoms with van der Waals surface area (Å²) in [7, 11) is 2.07. The molecule has 0 bridgehead atoms. The van der Waals surface area contributed by atoms with E-state index in [1.807, 2.05) is 6.08 Å². The highest BCUT2D eigenvalue weighted by molar-refractivity contribution is 5.86. The van der Waals surface area contributed by atoms with E-state index in [9.17, 15) is 4.79 Å². The predicted octanol–water partition coefficient (Wildman–Crippen LogP) is -0.500. The van der Waals surface area contributed by atoms with Crippen molar-refractivity contribution in [3.05, 3.63) is 24.8 Å². The van der Waals surface area contributed by atoms with Crippen LogP contribution in [0.2, 0.25) is 0 Å². The topological polar surface area (TPSA) is 26.3 Å². The molecule has 0 saturated heterocycles. The van der Waals surface area contributed by atoms with Gasteiger partial charge in [-0.2, -0.15) is 0 Å². The van der Waals surface area contributed by atoms with Crippen molar-refractivity contribution in [3.63, 3.8) is 0 Å². The number of ether oxygens (including phenoxy) is 1. The Morgan fingerprint density at radius 2 is 2.06 bits per heavy atom. The maximum absolute atomic E-state index is 11.3. The van der Waals surface area contributed by atoms with E-state index in [4.69, 9.17) is 4.74 Å². The van der Waals surface area contributed by atoms with Gasteiger partial charge < -0.3 is 17.1 Å². The maximum atomic E-state index is 11.3. The molecule has 0 radical (unpaired) electrons. The summed E-state index contributed by atoms with van der Waals surface area (Å²) in [6.07, 6.45) is 4.12. The fraction of sp³-hybridized carbons (Fsp3) is 0.615. The Kier molecular flexibility index (Phi) is 10.1. The van der Waals surface area contributed by atoms with Crippen LogP contribution in [0.25, 0.3) is 0 Å². The van der Waals surface area contributed by atoms with Gasteiger partial charge in [0.25, 0.3) is 0 Å². The fourth-order valence-corrected chi connectivity index (χ4v) is 1.40. The summed E-state index contributed by atoms with van der Waals surface area (Å²) in [6.45, 7) is 13.3. The minimum absolute atomic E-state index is 0. The summed E-state index contributed by atoms with van der Waals surface area (Å²) in [5.41, 5.74) is 0.445. The normalized spacial score (nSPS) is 13.1. The Bertz CT molecular complexity index is 266. The summed E-state index contributed by atoms with van der Waals surface area (Å²) in [6, 6.07) is 0. The molecule has 0 aromatic rings. The van der Waals surface area contributed by atoms with Gasteiger partial charge in [-0.3, -0.25) is 4.48 Å². The highest BCUT2D eigenvalue weighted by Gasteiger charge is 2.21. The van der Waals surface area contributed by atoms with E-state index in [0.717, 1.165) is 25.9 Å². The zero-order chi connectivity index (χ0) is 12.6. The Balaban J connectivity index is 0. The van der Waals surface area contributed by atoms with Gasteiger partial charge in [0.15, 0.2) is 0 Å². The molecule has 0 saturated carbocycles. The number of rotatable bonds is 8. The first-order chi connectivity index (χ1) is 7.45. The molecule has 0 aliphatic rings. The van der Waals surface area contributed by atoms with E-state index in [1.165, 1.54) is 0 Å². The molecule has 0 rings (SSSR count). The second kappa shape index (κ2) is 9.25. The third kappa shape index (κ3) is 8.00. The Morgan fingerprint density at radius 3 is 2.47 bits per heavy atom. The Hall–Kier alpha value is -0.800. The maximum Gasteiger partial charge on any atom is 0.337 e.